The summed E-state index contributed by atoms with van der Waals surface area (Å²) in [5, 5.41) is 9.23. The normalized spacial score (nSPS) is 12.2. The SMILES string of the molecule is c1ccc2c(c1)oc1cc3c4ccccc4n(-c4ccc(-c5ccc(-c6ccc(-n7c8ccccc8c8cc9oc%10ccccc%10c9cc87)cc6)o5)cc4)c3cc12. The molecule has 0 spiro atoms. The van der Waals surface area contributed by atoms with Crippen LogP contribution in [0.3, 0.4) is 0 Å². The zero-order valence-electron chi connectivity index (χ0n) is 30.4. The third-order valence-corrected chi connectivity index (χ3v) is 11.8. The first-order valence-corrected chi connectivity index (χ1v) is 19.2. The molecule has 0 aliphatic heterocycles. The fourth-order valence-electron chi connectivity index (χ4n) is 9.13. The predicted molar refractivity (Wildman–Crippen MR) is 233 cm³/mol. The lowest BCUT2D eigenvalue weighted by Gasteiger charge is -2.09. The molecule has 8 aromatic carbocycles. The van der Waals surface area contributed by atoms with Gasteiger partial charge < -0.3 is 22.4 Å². The van der Waals surface area contributed by atoms with Crippen molar-refractivity contribution < 1.29 is 13.3 Å². The van der Waals surface area contributed by atoms with Gasteiger partial charge in [0.15, 0.2) is 0 Å². The maximum absolute atomic E-state index is 6.52. The third-order valence-electron chi connectivity index (χ3n) is 11.8. The maximum atomic E-state index is 6.52. The van der Waals surface area contributed by atoms with Crippen LogP contribution in [0.25, 0.3) is 122 Å². The fraction of sp³-hybridized carbons (Fsp3) is 0. The van der Waals surface area contributed by atoms with Crippen molar-refractivity contribution in [2.24, 2.45) is 0 Å². The predicted octanol–water partition coefficient (Wildman–Crippen LogP) is 14.6. The Bertz CT molecular complexity index is 3490. The van der Waals surface area contributed by atoms with Gasteiger partial charge in [-0.15, -0.1) is 0 Å². The van der Waals surface area contributed by atoms with Gasteiger partial charge in [-0.3, -0.25) is 0 Å². The van der Waals surface area contributed by atoms with E-state index in [-0.39, 0.29) is 0 Å². The van der Waals surface area contributed by atoms with Gasteiger partial charge in [0.05, 0.1) is 22.1 Å². The van der Waals surface area contributed by atoms with E-state index in [0.717, 1.165) is 100.0 Å². The lowest BCUT2D eigenvalue weighted by atomic mass is 10.1. The topological polar surface area (TPSA) is 49.3 Å². The quantitative estimate of drug-likeness (QED) is 0.181. The van der Waals surface area contributed by atoms with Crippen LogP contribution < -0.4 is 0 Å². The smallest absolute Gasteiger partial charge is 0.136 e. The van der Waals surface area contributed by atoms with Gasteiger partial charge in [0, 0.05) is 65.6 Å². The van der Waals surface area contributed by atoms with E-state index in [1.54, 1.807) is 0 Å². The summed E-state index contributed by atoms with van der Waals surface area (Å²) in [6, 6.07) is 64.1. The van der Waals surface area contributed by atoms with Gasteiger partial charge in [-0.2, -0.15) is 0 Å². The van der Waals surface area contributed by atoms with E-state index in [1.165, 1.54) is 21.5 Å². The molecule has 0 aliphatic carbocycles. The minimum Gasteiger partial charge on any atom is -0.456 e. The Morgan fingerprint density at radius 3 is 1.12 bits per heavy atom. The molecule has 0 radical (unpaired) electrons. The van der Waals surface area contributed by atoms with Crippen LogP contribution in [0.15, 0.2) is 195 Å². The van der Waals surface area contributed by atoms with Gasteiger partial charge in [0.2, 0.25) is 0 Å². The molecule has 5 aromatic heterocycles. The molecule has 0 aliphatic rings. The number of aromatic nitrogens is 2. The van der Waals surface area contributed by atoms with Crippen LogP contribution in [0, 0.1) is 0 Å². The van der Waals surface area contributed by atoms with E-state index in [1.807, 2.05) is 24.3 Å². The van der Waals surface area contributed by atoms with Gasteiger partial charge in [-0.1, -0.05) is 72.8 Å². The lowest BCUT2D eigenvalue weighted by molar-refractivity contribution is 0.597. The average Bonchev–Trinajstić information content (AvgIpc) is 4.09. The summed E-state index contributed by atoms with van der Waals surface area (Å²) >= 11 is 0. The first-order valence-electron chi connectivity index (χ1n) is 19.2. The van der Waals surface area contributed by atoms with Gasteiger partial charge in [-0.25, -0.2) is 0 Å². The monoisotopic (exact) mass is 730 g/mol. The number of nitrogens with zero attached hydrogens (tertiary/aromatic N) is 2. The van der Waals surface area contributed by atoms with E-state index in [9.17, 15) is 0 Å². The van der Waals surface area contributed by atoms with Crippen LogP contribution in [-0.2, 0) is 0 Å². The Labute approximate surface area is 324 Å². The van der Waals surface area contributed by atoms with E-state index in [4.69, 9.17) is 13.3 Å². The van der Waals surface area contributed by atoms with Gasteiger partial charge in [-0.05, 0) is 109 Å². The summed E-state index contributed by atoms with van der Waals surface area (Å²) in [5.41, 5.74) is 12.5. The highest BCUT2D eigenvalue weighted by Crippen LogP contribution is 2.41. The highest BCUT2D eigenvalue weighted by molar-refractivity contribution is 6.18. The van der Waals surface area contributed by atoms with E-state index >= 15 is 0 Å². The third kappa shape index (κ3) is 4.39. The Morgan fingerprint density at radius 1 is 0.263 bits per heavy atom. The molecule has 5 nitrogen and oxygen atoms in total. The summed E-state index contributed by atoms with van der Waals surface area (Å²) in [4.78, 5) is 0. The van der Waals surface area contributed by atoms with E-state index in [0.29, 0.717) is 0 Å². The molecule has 5 heteroatoms. The van der Waals surface area contributed by atoms with Crippen molar-refractivity contribution in [2.45, 2.75) is 0 Å². The molecule has 266 valence electrons. The molecule has 0 saturated heterocycles. The number of hydrogen-bond acceptors (Lipinski definition) is 3. The molecule has 0 saturated carbocycles. The number of hydrogen-bond donors (Lipinski definition) is 0. The van der Waals surface area contributed by atoms with Crippen molar-refractivity contribution in [1.29, 1.82) is 0 Å². The molecule has 0 atom stereocenters. The van der Waals surface area contributed by atoms with E-state index < -0.39 is 0 Å². The van der Waals surface area contributed by atoms with Gasteiger partial charge in [0.25, 0.3) is 0 Å². The van der Waals surface area contributed by atoms with Crippen LogP contribution in [0.4, 0.5) is 0 Å². The Kier molecular flexibility index (Phi) is 6.10. The summed E-state index contributed by atoms with van der Waals surface area (Å²) in [6.07, 6.45) is 0. The average molecular weight is 731 g/mol. The van der Waals surface area contributed by atoms with Crippen molar-refractivity contribution in [3.05, 3.63) is 182 Å². The zero-order chi connectivity index (χ0) is 37.2. The molecule has 57 heavy (non-hydrogen) atoms. The van der Waals surface area contributed by atoms with Crippen LogP contribution in [-0.4, -0.2) is 9.13 Å². The molecular formula is C52H30N2O3. The van der Waals surface area contributed by atoms with Crippen molar-refractivity contribution in [1.82, 2.24) is 9.13 Å². The van der Waals surface area contributed by atoms with Crippen LogP contribution in [0.2, 0.25) is 0 Å². The summed E-state index contributed by atoms with van der Waals surface area (Å²) in [6.45, 7) is 0. The fourth-order valence-corrected chi connectivity index (χ4v) is 9.13. The van der Waals surface area contributed by atoms with Crippen molar-refractivity contribution in [3.8, 4) is 34.0 Å². The van der Waals surface area contributed by atoms with Crippen LogP contribution in [0.5, 0.6) is 0 Å². The second kappa shape index (κ2) is 11.4. The van der Waals surface area contributed by atoms with Gasteiger partial charge >= 0.3 is 0 Å². The number of fused-ring (bicyclic) bond motifs is 12. The minimum absolute atomic E-state index is 0.827. The summed E-state index contributed by atoms with van der Waals surface area (Å²) in [7, 11) is 0. The first-order chi connectivity index (χ1) is 28.2. The molecule has 13 aromatic rings. The van der Waals surface area contributed by atoms with Crippen LogP contribution >= 0.6 is 0 Å². The summed E-state index contributed by atoms with van der Waals surface area (Å²) < 4.78 is 23.8. The minimum atomic E-state index is 0.827. The molecule has 13 rings (SSSR count). The molecule has 0 unspecified atom stereocenters. The largest absolute Gasteiger partial charge is 0.456 e. The standard InChI is InChI=1S/C52H30N2O3/c1-5-13-43-35(9-1)39-29-51-41(37-11-3-7-15-49(37)56-51)27-45(39)53(43)33-21-17-31(18-22-33)47-25-26-48(55-47)32-19-23-34(24-20-32)54-44-14-6-2-10-36(44)40-30-52-42(28-46(40)54)38-12-4-8-16-50(38)57-52/h1-30H. The first kappa shape index (κ1) is 30.6. The number of para-hydroxylation sites is 4. The Hall–Kier alpha value is -7.76. The number of rotatable bonds is 4. The molecule has 0 amide bonds. The highest BCUT2D eigenvalue weighted by Gasteiger charge is 2.19. The van der Waals surface area contributed by atoms with Gasteiger partial charge in [0.1, 0.15) is 33.9 Å². The molecule has 0 fully saturated rings. The van der Waals surface area contributed by atoms with E-state index in [2.05, 4.69) is 167 Å². The summed E-state index contributed by atoms with van der Waals surface area (Å²) in [5.74, 6) is 1.65. The Morgan fingerprint density at radius 2 is 0.667 bits per heavy atom. The van der Waals surface area contributed by atoms with Crippen LogP contribution in [0.1, 0.15) is 0 Å². The zero-order valence-corrected chi connectivity index (χ0v) is 30.4. The lowest BCUT2D eigenvalue weighted by Crippen LogP contribution is -1.93. The van der Waals surface area contributed by atoms with Crippen molar-refractivity contribution in [3.63, 3.8) is 0 Å². The molecule has 0 N–H and O–H groups in total. The second-order valence-electron chi connectivity index (χ2n) is 14.9. The molecule has 0 bridgehead atoms. The highest BCUT2D eigenvalue weighted by atomic mass is 16.3. The maximum Gasteiger partial charge on any atom is 0.136 e. The molecular weight excluding hydrogens is 701 g/mol. The second-order valence-corrected chi connectivity index (χ2v) is 14.9. The number of furan rings is 3. The van der Waals surface area contributed by atoms with Crippen molar-refractivity contribution in [2.75, 3.05) is 0 Å². The Balaban J connectivity index is 0.858. The van der Waals surface area contributed by atoms with Crippen molar-refractivity contribution >= 4 is 87.5 Å². The molecule has 5 heterocycles. The number of benzene rings is 8.